The number of nitrogens with one attached hydrogen (secondary N) is 1. The van der Waals surface area contributed by atoms with Gasteiger partial charge in [0, 0.05) is 30.3 Å². The Bertz CT molecular complexity index is 649. The summed E-state index contributed by atoms with van der Waals surface area (Å²) in [4.78, 5) is 12.5. The van der Waals surface area contributed by atoms with Gasteiger partial charge in [0.2, 0.25) is 0 Å². The van der Waals surface area contributed by atoms with Crippen LogP contribution in [0.2, 0.25) is 5.02 Å². The number of hydrogen-bond acceptors (Lipinski definition) is 2. The third-order valence-corrected chi connectivity index (χ3v) is 3.70. The van der Waals surface area contributed by atoms with Crippen molar-refractivity contribution in [2.45, 2.75) is 6.42 Å². The van der Waals surface area contributed by atoms with Crippen LogP contribution >= 0.6 is 11.6 Å². The lowest BCUT2D eigenvalue weighted by molar-refractivity contribution is 0.103. The largest absolute Gasteiger partial charge is 0.388 e. The average molecular weight is 258 g/mol. The Hall–Kier alpha value is -1.80. The van der Waals surface area contributed by atoms with E-state index < -0.39 is 0 Å². The molecular weight excluding hydrogens is 246 g/mol. The van der Waals surface area contributed by atoms with E-state index in [1.54, 1.807) is 6.07 Å². The summed E-state index contributed by atoms with van der Waals surface area (Å²) in [6.45, 7) is 0. The summed E-state index contributed by atoms with van der Waals surface area (Å²) >= 11 is 6.14. The molecule has 2 nitrogen and oxygen atoms in total. The lowest BCUT2D eigenvalue weighted by atomic mass is 9.84. The molecule has 0 atom stereocenters. The molecule has 18 heavy (non-hydrogen) atoms. The zero-order chi connectivity index (χ0) is 12.7. The fraction of sp³-hybridized carbons (Fsp3) is 0.133. The summed E-state index contributed by atoms with van der Waals surface area (Å²) in [5, 5.41) is 3.68. The molecule has 0 aliphatic heterocycles. The van der Waals surface area contributed by atoms with Crippen molar-refractivity contribution in [3.05, 3.63) is 63.7 Å². The first-order valence-electron chi connectivity index (χ1n) is 5.84. The number of rotatable bonds is 1. The standard InChI is InChI=1S/C15H12ClNO/c1-17-13-7-3-5-10-11(13)8-9-4-2-6-12(16)14(9)15(10)18/h2-7,17H,8H2,1H3. The quantitative estimate of drug-likeness (QED) is 0.723. The maximum absolute atomic E-state index is 12.5. The molecule has 1 aliphatic rings. The first kappa shape index (κ1) is 11.3. The number of benzene rings is 2. The molecule has 0 bridgehead atoms. The van der Waals surface area contributed by atoms with E-state index in [-0.39, 0.29) is 5.78 Å². The molecule has 3 heteroatoms. The maximum Gasteiger partial charge on any atom is 0.195 e. The molecule has 1 aliphatic carbocycles. The molecule has 0 amide bonds. The molecule has 0 saturated heterocycles. The van der Waals surface area contributed by atoms with Gasteiger partial charge in [-0.2, -0.15) is 0 Å². The monoisotopic (exact) mass is 257 g/mol. The van der Waals surface area contributed by atoms with Gasteiger partial charge in [-0.1, -0.05) is 35.9 Å². The number of fused-ring (bicyclic) bond motifs is 2. The van der Waals surface area contributed by atoms with Crippen molar-refractivity contribution in [1.82, 2.24) is 0 Å². The van der Waals surface area contributed by atoms with E-state index in [0.29, 0.717) is 10.6 Å². The molecule has 0 unspecified atom stereocenters. The van der Waals surface area contributed by atoms with Crippen molar-refractivity contribution in [3.8, 4) is 0 Å². The Balaban J connectivity index is 2.25. The first-order chi connectivity index (χ1) is 8.72. The van der Waals surface area contributed by atoms with Gasteiger partial charge >= 0.3 is 0 Å². The SMILES string of the molecule is CNc1cccc2c1Cc1cccc(Cl)c1C2=O. The van der Waals surface area contributed by atoms with Crippen LogP contribution in [-0.4, -0.2) is 12.8 Å². The zero-order valence-corrected chi connectivity index (χ0v) is 10.7. The number of carbonyl (C=O) groups excluding carboxylic acids is 1. The van der Waals surface area contributed by atoms with Crippen LogP contribution in [0.25, 0.3) is 0 Å². The van der Waals surface area contributed by atoms with Gasteiger partial charge in [-0.05, 0) is 23.3 Å². The van der Waals surface area contributed by atoms with Crippen molar-refractivity contribution >= 4 is 23.1 Å². The number of halogens is 1. The highest BCUT2D eigenvalue weighted by molar-refractivity contribution is 6.35. The van der Waals surface area contributed by atoms with Gasteiger partial charge in [-0.3, -0.25) is 4.79 Å². The smallest absolute Gasteiger partial charge is 0.195 e. The Kier molecular flexibility index (Phi) is 2.60. The van der Waals surface area contributed by atoms with Gasteiger partial charge in [-0.25, -0.2) is 0 Å². The highest BCUT2D eigenvalue weighted by atomic mass is 35.5. The molecule has 90 valence electrons. The minimum atomic E-state index is 0.0222. The summed E-state index contributed by atoms with van der Waals surface area (Å²) in [7, 11) is 1.87. The summed E-state index contributed by atoms with van der Waals surface area (Å²) < 4.78 is 0. The van der Waals surface area contributed by atoms with E-state index in [2.05, 4.69) is 5.32 Å². The molecule has 2 aromatic rings. The third kappa shape index (κ3) is 1.53. The molecule has 1 N–H and O–H groups in total. The third-order valence-electron chi connectivity index (χ3n) is 3.38. The Morgan fingerprint density at radius 2 is 1.94 bits per heavy atom. The highest BCUT2D eigenvalue weighted by Gasteiger charge is 2.26. The number of anilines is 1. The van der Waals surface area contributed by atoms with Crippen molar-refractivity contribution < 1.29 is 4.79 Å². The van der Waals surface area contributed by atoms with Gasteiger partial charge in [0.15, 0.2) is 5.78 Å². The van der Waals surface area contributed by atoms with Crippen molar-refractivity contribution in [3.63, 3.8) is 0 Å². The Morgan fingerprint density at radius 3 is 2.72 bits per heavy atom. The molecular formula is C15H12ClNO. The minimum Gasteiger partial charge on any atom is -0.388 e. The van der Waals surface area contributed by atoms with E-state index in [9.17, 15) is 4.79 Å². The predicted molar refractivity (Wildman–Crippen MR) is 73.7 cm³/mol. The van der Waals surface area contributed by atoms with E-state index in [4.69, 9.17) is 11.6 Å². The predicted octanol–water partition coefficient (Wildman–Crippen LogP) is 3.52. The molecule has 0 spiro atoms. The van der Waals surface area contributed by atoms with Crippen LogP contribution in [0, 0.1) is 0 Å². The Morgan fingerprint density at radius 1 is 1.17 bits per heavy atom. The molecule has 0 heterocycles. The van der Waals surface area contributed by atoms with Crippen LogP contribution in [0.3, 0.4) is 0 Å². The summed E-state index contributed by atoms with van der Waals surface area (Å²) in [5.41, 5.74) is 4.47. The van der Waals surface area contributed by atoms with Gasteiger partial charge in [-0.15, -0.1) is 0 Å². The summed E-state index contributed by atoms with van der Waals surface area (Å²) in [6.07, 6.45) is 0.744. The number of hydrogen-bond donors (Lipinski definition) is 1. The molecule has 0 saturated carbocycles. The van der Waals surface area contributed by atoms with Crippen LogP contribution in [0.5, 0.6) is 0 Å². The van der Waals surface area contributed by atoms with Crippen molar-refractivity contribution in [2.75, 3.05) is 12.4 Å². The average Bonchev–Trinajstić information content (AvgIpc) is 2.38. The molecule has 0 fully saturated rings. The van der Waals surface area contributed by atoms with Crippen LogP contribution in [0.15, 0.2) is 36.4 Å². The second-order valence-corrected chi connectivity index (χ2v) is 4.77. The van der Waals surface area contributed by atoms with Crippen molar-refractivity contribution in [1.29, 1.82) is 0 Å². The zero-order valence-electron chi connectivity index (χ0n) is 9.96. The van der Waals surface area contributed by atoms with Crippen LogP contribution < -0.4 is 5.32 Å². The topological polar surface area (TPSA) is 29.1 Å². The molecule has 0 radical (unpaired) electrons. The summed E-state index contributed by atoms with van der Waals surface area (Å²) in [6, 6.07) is 11.4. The van der Waals surface area contributed by atoms with E-state index in [0.717, 1.165) is 28.8 Å². The lowest BCUT2D eigenvalue weighted by Gasteiger charge is -2.21. The van der Waals surface area contributed by atoms with Crippen molar-refractivity contribution in [2.24, 2.45) is 0 Å². The fourth-order valence-electron chi connectivity index (χ4n) is 2.52. The molecule has 2 aromatic carbocycles. The molecule has 3 rings (SSSR count). The second-order valence-electron chi connectivity index (χ2n) is 4.36. The van der Waals surface area contributed by atoms with Gasteiger partial charge in [0.1, 0.15) is 0 Å². The van der Waals surface area contributed by atoms with E-state index in [1.165, 1.54) is 0 Å². The first-order valence-corrected chi connectivity index (χ1v) is 6.22. The summed E-state index contributed by atoms with van der Waals surface area (Å²) in [5.74, 6) is 0.0222. The normalized spacial score (nSPS) is 12.9. The van der Waals surface area contributed by atoms with E-state index >= 15 is 0 Å². The van der Waals surface area contributed by atoms with E-state index in [1.807, 2.05) is 37.4 Å². The van der Waals surface area contributed by atoms with Crippen LogP contribution in [0.1, 0.15) is 27.0 Å². The second kappa shape index (κ2) is 4.14. The van der Waals surface area contributed by atoms with Crippen LogP contribution in [0.4, 0.5) is 5.69 Å². The van der Waals surface area contributed by atoms with Gasteiger partial charge in [0.05, 0.1) is 5.02 Å². The van der Waals surface area contributed by atoms with Crippen LogP contribution in [-0.2, 0) is 6.42 Å². The molecule has 0 aromatic heterocycles. The lowest BCUT2D eigenvalue weighted by Crippen LogP contribution is -2.17. The fourth-order valence-corrected chi connectivity index (χ4v) is 2.80. The highest BCUT2D eigenvalue weighted by Crippen LogP contribution is 2.34. The number of carbonyl (C=O) groups is 1. The van der Waals surface area contributed by atoms with Gasteiger partial charge in [0.25, 0.3) is 0 Å². The van der Waals surface area contributed by atoms with Gasteiger partial charge < -0.3 is 5.32 Å². The maximum atomic E-state index is 12.5. The Labute approximate surface area is 111 Å². The number of ketones is 1. The minimum absolute atomic E-state index is 0.0222.